The molecule has 0 fully saturated rings. The molecule has 0 radical (unpaired) electrons. The Bertz CT molecular complexity index is 140. The van der Waals surface area contributed by atoms with Crippen LogP contribution in [0.1, 0.15) is 0 Å². The Morgan fingerprint density at radius 1 is 1.44 bits per heavy atom. The first-order valence-electron chi connectivity index (χ1n) is 1.88. The van der Waals surface area contributed by atoms with Gasteiger partial charge in [0.15, 0.2) is 5.78 Å². The zero-order valence-electron chi connectivity index (χ0n) is 4.07. The van der Waals surface area contributed by atoms with Crippen LogP contribution in [0.5, 0.6) is 0 Å². The van der Waals surface area contributed by atoms with E-state index in [4.69, 9.17) is 0 Å². The van der Waals surface area contributed by atoms with E-state index in [9.17, 15) is 4.79 Å². The highest BCUT2D eigenvalue weighted by atomic mass is 79.9. The Morgan fingerprint density at radius 3 is 2.00 bits per heavy atom. The second-order valence-electron chi connectivity index (χ2n) is 1.12. The third-order valence-corrected chi connectivity index (χ3v) is 3.05. The van der Waals surface area contributed by atoms with Crippen molar-refractivity contribution in [2.45, 2.75) is 3.74 Å². The van der Waals surface area contributed by atoms with E-state index in [0.717, 1.165) is 0 Å². The van der Waals surface area contributed by atoms with Crippen molar-refractivity contribution in [2.24, 2.45) is 0 Å². The zero-order valence-corrected chi connectivity index (χ0v) is 10.4. The number of rotatable bonds is 2. The van der Waals surface area contributed by atoms with Crippen LogP contribution in [0, 0.1) is 0 Å². The maximum atomic E-state index is 10.8. The molecule has 0 heterocycles. The number of hydrogen-bond donors (Lipinski definition) is 0. The van der Waals surface area contributed by atoms with E-state index >= 15 is 0 Å². The van der Waals surface area contributed by atoms with Gasteiger partial charge in [-0.15, -0.1) is 0 Å². The number of carbonyl (C=O) groups excluding carboxylic acids is 1. The summed E-state index contributed by atoms with van der Waals surface area (Å²) in [4.78, 5) is 12.4. The van der Waals surface area contributed by atoms with E-state index in [1.165, 1.54) is 4.99 Å². The fourth-order valence-corrected chi connectivity index (χ4v) is 1.72. The first-order valence-corrected chi connectivity index (χ1v) is 5.42. The maximum absolute atomic E-state index is 10.8. The molecule has 5 heteroatoms. The quantitative estimate of drug-likeness (QED) is 0.526. The Hall–Kier alpha value is 1.33. The van der Waals surface area contributed by atoms with Gasteiger partial charge in [0.25, 0.3) is 0 Å². The minimum absolute atomic E-state index is 0.0492. The van der Waals surface area contributed by atoms with Crippen molar-refractivity contribution in [1.82, 2.24) is 0 Å². The van der Waals surface area contributed by atoms with Gasteiger partial charge < -0.3 is 0 Å². The molecule has 0 saturated heterocycles. The summed E-state index contributed by atoms with van der Waals surface area (Å²) < 4.78 is 0.189. The second kappa shape index (κ2) is 5.04. The van der Waals surface area contributed by atoms with Crippen LogP contribution >= 0.6 is 63.7 Å². The molecular weight excluding hydrogens is 384 g/mol. The van der Waals surface area contributed by atoms with Crippen LogP contribution < -0.4 is 0 Å². The third kappa shape index (κ3) is 3.91. The van der Waals surface area contributed by atoms with Gasteiger partial charge in [-0.25, -0.2) is 0 Å². The molecular formula is C4H2Br4O. The van der Waals surface area contributed by atoms with Crippen LogP contribution in [-0.4, -0.2) is 9.52 Å². The van der Waals surface area contributed by atoms with Gasteiger partial charge in [-0.3, -0.25) is 4.79 Å². The molecule has 0 unspecified atom stereocenters. The normalized spacial score (nSPS) is 12.3. The maximum Gasteiger partial charge on any atom is 0.194 e. The molecule has 0 saturated carbocycles. The molecule has 0 aliphatic rings. The van der Waals surface area contributed by atoms with Crippen molar-refractivity contribution in [1.29, 1.82) is 0 Å². The van der Waals surface area contributed by atoms with Crippen LogP contribution in [0.2, 0.25) is 0 Å². The largest absolute Gasteiger partial charge is 0.291 e. The standard InChI is InChI=1S/C4H2Br4O/c5-1-2(6)3(9)4(7)8/h1,4H. The summed E-state index contributed by atoms with van der Waals surface area (Å²) in [6.07, 6.45) is 0. The van der Waals surface area contributed by atoms with Gasteiger partial charge in [0.05, 0.1) is 4.48 Å². The molecule has 1 nitrogen and oxygen atoms in total. The highest BCUT2D eigenvalue weighted by molar-refractivity contribution is 9.25. The Balaban J connectivity index is 4.06. The van der Waals surface area contributed by atoms with Crippen molar-refractivity contribution in [3.8, 4) is 0 Å². The fraction of sp³-hybridized carbons (Fsp3) is 0.250. The molecule has 52 valence electrons. The molecule has 0 bridgehead atoms. The summed E-state index contributed by atoms with van der Waals surface area (Å²) >= 11 is 12.2. The summed E-state index contributed by atoms with van der Waals surface area (Å²) in [5.41, 5.74) is 0. The third-order valence-electron chi connectivity index (χ3n) is 0.529. The van der Waals surface area contributed by atoms with Gasteiger partial charge in [0.2, 0.25) is 0 Å². The predicted molar refractivity (Wildman–Crippen MR) is 52.6 cm³/mol. The minimum atomic E-state index is -0.312. The number of carbonyl (C=O) groups is 1. The van der Waals surface area contributed by atoms with Gasteiger partial charge in [-0.1, -0.05) is 47.8 Å². The first-order chi connectivity index (χ1) is 4.09. The van der Waals surface area contributed by atoms with Gasteiger partial charge in [-0.2, -0.15) is 0 Å². The summed E-state index contributed by atoms with van der Waals surface area (Å²) in [7, 11) is 0. The van der Waals surface area contributed by atoms with Crippen LogP contribution in [0.25, 0.3) is 0 Å². The van der Waals surface area contributed by atoms with Crippen LogP contribution in [0.3, 0.4) is 0 Å². The first kappa shape index (κ1) is 10.3. The Morgan fingerprint density at radius 2 is 1.89 bits per heavy atom. The minimum Gasteiger partial charge on any atom is -0.291 e. The van der Waals surface area contributed by atoms with Crippen molar-refractivity contribution in [3.63, 3.8) is 0 Å². The SMILES string of the molecule is O=C(C(Br)=CBr)C(Br)Br. The lowest BCUT2D eigenvalue weighted by molar-refractivity contribution is -0.112. The van der Waals surface area contributed by atoms with E-state index in [-0.39, 0.29) is 9.52 Å². The molecule has 0 N–H and O–H groups in total. The average Bonchev–Trinajstić information content (AvgIpc) is 1.84. The topological polar surface area (TPSA) is 17.1 Å². The summed E-state index contributed by atoms with van der Waals surface area (Å²) in [6, 6.07) is 0. The molecule has 9 heavy (non-hydrogen) atoms. The molecule has 0 aromatic heterocycles. The Labute approximate surface area is 86.8 Å². The molecule has 0 amide bonds. The molecule has 0 aromatic carbocycles. The smallest absolute Gasteiger partial charge is 0.194 e. The van der Waals surface area contributed by atoms with Gasteiger partial charge in [0.1, 0.15) is 3.74 Å². The highest BCUT2D eigenvalue weighted by Crippen LogP contribution is 2.19. The number of Topliss-reactive ketones (excluding diaryl/α,β-unsaturated/α-hetero) is 1. The fourth-order valence-electron chi connectivity index (χ4n) is 0.158. The zero-order chi connectivity index (χ0) is 7.44. The number of ketones is 1. The number of allylic oxidation sites excluding steroid dienone is 1. The van der Waals surface area contributed by atoms with E-state index in [0.29, 0.717) is 4.48 Å². The van der Waals surface area contributed by atoms with Crippen LogP contribution in [0.4, 0.5) is 0 Å². The lowest BCUT2D eigenvalue weighted by Crippen LogP contribution is -2.04. The van der Waals surface area contributed by atoms with Crippen molar-refractivity contribution in [2.75, 3.05) is 0 Å². The van der Waals surface area contributed by atoms with Crippen molar-refractivity contribution < 1.29 is 4.79 Å². The lowest BCUT2D eigenvalue weighted by Gasteiger charge is -1.95. The summed E-state index contributed by atoms with van der Waals surface area (Å²) in [5, 5.41) is 0. The molecule has 0 aromatic rings. The molecule has 0 aliphatic heterocycles. The molecule has 0 spiro atoms. The highest BCUT2D eigenvalue weighted by Gasteiger charge is 2.12. The predicted octanol–water partition coefficient (Wildman–Crippen LogP) is 3.30. The average molecular weight is 386 g/mol. The monoisotopic (exact) mass is 382 g/mol. The van der Waals surface area contributed by atoms with E-state index in [1.807, 2.05) is 0 Å². The second-order valence-corrected chi connectivity index (χ2v) is 5.49. The lowest BCUT2D eigenvalue weighted by atomic mass is 10.5. The number of alkyl halides is 2. The van der Waals surface area contributed by atoms with E-state index < -0.39 is 0 Å². The van der Waals surface area contributed by atoms with Gasteiger partial charge >= 0.3 is 0 Å². The van der Waals surface area contributed by atoms with Gasteiger partial charge in [-0.05, 0) is 20.9 Å². The summed E-state index contributed by atoms with van der Waals surface area (Å²) in [5.74, 6) is -0.0492. The van der Waals surface area contributed by atoms with Crippen molar-refractivity contribution >= 4 is 69.5 Å². The van der Waals surface area contributed by atoms with E-state index in [2.05, 4.69) is 63.7 Å². The van der Waals surface area contributed by atoms with Crippen LogP contribution in [0.15, 0.2) is 9.47 Å². The molecule has 0 atom stereocenters. The van der Waals surface area contributed by atoms with Crippen LogP contribution in [-0.2, 0) is 4.79 Å². The van der Waals surface area contributed by atoms with E-state index in [1.54, 1.807) is 0 Å². The molecule has 0 rings (SSSR count). The molecule has 0 aliphatic carbocycles. The summed E-state index contributed by atoms with van der Waals surface area (Å²) in [6.45, 7) is 0. The van der Waals surface area contributed by atoms with Gasteiger partial charge in [0, 0.05) is 0 Å². The number of halogens is 4. The Kier molecular flexibility index (Phi) is 5.79. The number of hydrogen-bond acceptors (Lipinski definition) is 1. The van der Waals surface area contributed by atoms with Crippen molar-refractivity contribution in [3.05, 3.63) is 9.47 Å².